The van der Waals surface area contributed by atoms with Gasteiger partial charge in [-0.25, -0.2) is 5.06 Å². The van der Waals surface area contributed by atoms with Crippen molar-refractivity contribution in [3.63, 3.8) is 0 Å². The summed E-state index contributed by atoms with van der Waals surface area (Å²) < 4.78 is 41.0. The van der Waals surface area contributed by atoms with Gasteiger partial charge >= 0.3 is 0 Å². The van der Waals surface area contributed by atoms with Gasteiger partial charge in [0.25, 0.3) is 5.91 Å². The summed E-state index contributed by atoms with van der Waals surface area (Å²) in [6.07, 6.45) is 7.50. The van der Waals surface area contributed by atoms with Gasteiger partial charge in [-0.2, -0.15) is 0 Å². The Bertz CT molecular complexity index is 1760. The fourth-order valence-corrected chi connectivity index (χ4v) is 5.82. The molecular weight excluding hydrogens is 626 g/mol. The van der Waals surface area contributed by atoms with Crippen LogP contribution in [0.3, 0.4) is 0 Å². The summed E-state index contributed by atoms with van der Waals surface area (Å²) in [7, 11) is 6.23. The number of terminal acetylenes is 1. The molecule has 5 rings (SSSR count). The molecule has 1 amide bonds. The fraction of sp³-hybridized carbons (Fsp3) is 0.308. The van der Waals surface area contributed by atoms with E-state index >= 15 is 0 Å². The molecule has 0 saturated carbocycles. The number of amides is 1. The van der Waals surface area contributed by atoms with Gasteiger partial charge in [0.05, 0.1) is 47.3 Å². The van der Waals surface area contributed by atoms with E-state index < -0.39 is 11.9 Å². The molecule has 1 N–H and O–H groups in total. The van der Waals surface area contributed by atoms with Crippen LogP contribution in [0.25, 0.3) is 0 Å². The van der Waals surface area contributed by atoms with Crippen LogP contribution in [-0.2, 0) is 4.74 Å². The normalized spacial score (nSPS) is 15.9. The maximum Gasteiger partial charge on any atom is 0.278 e. The Kier molecular flexibility index (Phi) is 11.5. The predicted octanol–water partition coefficient (Wildman–Crippen LogP) is 8.10. The van der Waals surface area contributed by atoms with E-state index in [1.165, 1.54) is 7.11 Å². The summed E-state index contributed by atoms with van der Waals surface area (Å²) in [5.74, 6) is 5.22. The number of para-hydroxylation sites is 1. The minimum Gasteiger partial charge on any atom is -0.493 e. The number of rotatable bonds is 14. The van der Waals surface area contributed by atoms with Crippen LogP contribution >= 0.6 is 0 Å². The fourth-order valence-electron chi connectivity index (χ4n) is 5.82. The second-order valence-electron chi connectivity index (χ2n) is 11.3. The van der Waals surface area contributed by atoms with Gasteiger partial charge in [-0.05, 0) is 85.0 Å². The number of hydrogen-bond acceptors (Lipinski definition) is 9. The van der Waals surface area contributed by atoms with Gasteiger partial charge in [-0.1, -0.05) is 37.1 Å². The van der Waals surface area contributed by atoms with E-state index in [1.54, 1.807) is 57.7 Å². The van der Waals surface area contributed by atoms with Crippen LogP contribution in [0.15, 0.2) is 78.9 Å². The molecule has 10 heteroatoms. The van der Waals surface area contributed by atoms with Crippen molar-refractivity contribution in [2.45, 2.75) is 44.4 Å². The van der Waals surface area contributed by atoms with Gasteiger partial charge in [-0.3, -0.25) is 10.0 Å². The number of nitrogens with zero attached hydrogens (tertiary/aromatic N) is 1. The van der Waals surface area contributed by atoms with E-state index in [0.29, 0.717) is 76.7 Å². The van der Waals surface area contributed by atoms with Crippen molar-refractivity contribution < 1.29 is 43.2 Å². The average Bonchev–Trinajstić information content (AvgIpc) is 3.64. The Labute approximate surface area is 287 Å². The van der Waals surface area contributed by atoms with Crippen LogP contribution < -0.4 is 28.4 Å². The maximum absolute atomic E-state index is 13.7. The van der Waals surface area contributed by atoms with E-state index in [1.807, 2.05) is 49.4 Å². The largest absolute Gasteiger partial charge is 0.493 e. The summed E-state index contributed by atoms with van der Waals surface area (Å²) >= 11 is 0. The lowest BCUT2D eigenvalue weighted by molar-refractivity contribution is -0.0760. The van der Waals surface area contributed by atoms with Crippen molar-refractivity contribution in [1.82, 2.24) is 5.06 Å². The van der Waals surface area contributed by atoms with Crippen molar-refractivity contribution in [3.05, 3.63) is 101 Å². The molecule has 256 valence electrons. The van der Waals surface area contributed by atoms with Gasteiger partial charge in [0.1, 0.15) is 17.5 Å². The van der Waals surface area contributed by atoms with Gasteiger partial charge in [0.15, 0.2) is 23.0 Å². The summed E-state index contributed by atoms with van der Waals surface area (Å²) in [6, 6.07) is 21.9. The first-order valence-electron chi connectivity index (χ1n) is 16.0. The molecule has 10 nitrogen and oxygen atoms in total. The van der Waals surface area contributed by atoms with Crippen LogP contribution in [0.4, 0.5) is 0 Å². The first-order valence-corrected chi connectivity index (χ1v) is 16.0. The molecule has 3 atom stereocenters. The highest BCUT2D eigenvalue weighted by Crippen LogP contribution is 2.48. The lowest BCUT2D eigenvalue weighted by Crippen LogP contribution is -2.31. The van der Waals surface area contributed by atoms with Gasteiger partial charge in [0, 0.05) is 11.1 Å². The smallest absolute Gasteiger partial charge is 0.278 e. The zero-order valence-electron chi connectivity index (χ0n) is 28.3. The van der Waals surface area contributed by atoms with Gasteiger partial charge in [-0.15, -0.1) is 6.42 Å². The SMILES string of the molecule is C#CC(c1cc(C2CCC(c3cc(OC)c(OC)c(OC)c3)O2)cc(OC)c1OCCC)N(O)C(=O)c1cccc(Oc2ccccc2)c1. The molecule has 4 aromatic carbocycles. The Morgan fingerprint density at radius 3 is 2.00 bits per heavy atom. The third-order valence-electron chi connectivity index (χ3n) is 8.19. The van der Waals surface area contributed by atoms with Gasteiger partial charge < -0.3 is 33.2 Å². The van der Waals surface area contributed by atoms with Crippen molar-refractivity contribution >= 4 is 5.91 Å². The number of ether oxygens (including phenoxy) is 7. The molecule has 0 radical (unpaired) electrons. The van der Waals surface area contributed by atoms with Crippen LogP contribution in [0.1, 0.15) is 71.5 Å². The van der Waals surface area contributed by atoms with Crippen LogP contribution in [0.2, 0.25) is 0 Å². The number of hydroxylamine groups is 2. The van der Waals surface area contributed by atoms with Crippen molar-refractivity contribution in [2.24, 2.45) is 0 Å². The van der Waals surface area contributed by atoms with Crippen LogP contribution in [-0.4, -0.2) is 51.2 Å². The molecule has 1 saturated heterocycles. The maximum atomic E-state index is 13.7. The highest BCUT2D eigenvalue weighted by molar-refractivity contribution is 5.94. The molecule has 4 aromatic rings. The molecule has 0 spiro atoms. The third kappa shape index (κ3) is 7.70. The molecule has 0 aromatic heterocycles. The van der Waals surface area contributed by atoms with Crippen LogP contribution in [0, 0.1) is 12.3 Å². The Balaban J connectivity index is 1.46. The first-order chi connectivity index (χ1) is 23.8. The number of methoxy groups -OCH3 is 4. The van der Waals surface area contributed by atoms with E-state index in [2.05, 4.69) is 5.92 Å². The average molecular weight is 668 g/mol. The summed E-state index contributed by atoms with van der Waals surface area (Å²) in [6.45, 7) is 2.34. The molecule has 49 heavy (non-hydrogen) atoms. The Morgan fingerprint density at radius 2 is 1.43 bits per heavy atom. The standard InChI is InChI=1S/C39H41NO9/c1-7-19-47-37-30(31(8-2)40(42)39(41)25-13-12-16-29(20-25)48-28-14-10-9-11-15-28)21-26(22-34(37)43-3)32-17-18-33(49-32)27-23-35(44-4)38(46-6)36(24-27)45-5/h2,9-16,20-24,31-33,42H,7,17-19H2,1,3-6H3. The summed E-state index contributed by atoms with van der Waals surface area (Å²) in [4.78, 5) is 13.7. The highest BCUT2D eigenvalue weighted by atomic mass is 16.5. The second-order valence-corrected chi connectivity index (χ2v) is 11.3. The topological polar surface area (TPSA) is 105 Å². The molecule has 0 bridgehead atoms. The van der Waals surface area contributed by atoms with E-state index in [-0.39, 0.29) is 17.8 Å². The number of benzene rings is 4. The quantitative estimate of drug-likeness (QED) is 0.0811. The molecule has 1 fully saturated rings. The number of hydrogen-bond donors (Lipinski definition) is 1. The van der Waals surface area contributed by atoms with Crippen molar-refractivity contribution in [2.75, 3.05) is 35.0 Å². The lowest BCUT2D eigenvalue weighted by Gasteiger charge is -2.26. The number of carbonyl (C=O) groups is 1. The molecule has 1 heterocycles. The number of carbonyl (C=O) groups excluding carboxylic acids is 1. The Hall–Kier alpha value is -5.37. The highest BCUT2D eigenvalue weighted by Gasteiger charge is 2.34. The van der Waals surface area contributed by atoms with Gasteiger partial charge in [0.2, 0.25) is 5.75 Å². The monoisotopic (exact) mass is 667 g/mol. The molecular formula is C39H41NO9. The van der Waals surface area contributed by atoms with Crippen molar-refractivity contribution in [1.29, 1.82) is 0 Å². The predicted molar refractivity (Wildman–Crippen MR) is 183 cm³/mol. The first kappa shape index (κ1) is 35.0. The second kappa shape index (κ2) is 16.2. The minimum atomic E-state index is -1.22. The van der Waals surface area contributed by atoms with E-state index in [4.69, 9.17) is 39.6 Å². The zero-order chi connectivity index (χ0) is 34.9. The van der Waals surface area contributed by atoms with E-state index in [9.17, 15) is 10.0 Å². The summed E-state index contributed by atoms with van der Waals surface area (Å²) in [5.41, 5.74) is 2.20. The summed E-state index contributed by atoms with van der Waals surface area (Å²) in [5, 5.41) is 11.9. The molecule has 1 aliphatic rings. The van der Waals surface area contributed by atoms with Crippen molar-refractivity contribution in [3.8, 4) is 52.6 Å². The third-order valence-corrected chi connectivity index (χ3v) is 8.19. The molecule has 0 aliphatic carbocycles. The van der Waals surface area contributed by atoms with E-state index in [0.717, 1.165) is 11.1 Å². The van der Waals surface area contributed by atoms with Crippen LogP contribution in [0.5, 0.6) is 40.2 Å². The lowest BCUT2D eigenvalue weighted by atomic mass is 9.97. The molecule has 1 aliphatic heterocycles. The minimum absolute atomic E-state index is 0.183. The zero-order valence-corrected chi connectivity index (χ0v) is 28.3. The molecule has 3 unspecified atom stereocenters. The Morgan fingerprint density at radius 1 is 0.837 bits per heavy atom.